The van der Waals surface area contributed by atoms with Crippen LogP contribution in [0.25, 0.3) is 44.3 Å². The maximum atomic E-state index is 12.9. The van der Waals surface area contributed by atoms with Gasteiger partial charge in [-0.1, -0.05) is 0 Å². The van der Waals surface area contributed by atoms with Crippen LogP contribution in [-0.2, 0) is 26.4 Å². The molecule has 10 aromatic rings. The minimum Gasteiger partial charge on any atom is -0.492 e. The lowest BCUT2D eigenvalue weighted by atomic mass is 10.2. The minimum absolute atomic E-state index is 0.00579. The van der Waals surface area contributed by atoms with Crippen LogP contribution in [0.4, 0.5) is 60.5 Å². The Labute approximate surface area is 515 Å². The number of hydrogen-bond donors (Lipinski definition) is 1. The van der Waals surface area contributed by atoms with E-state index in [1.807, 2.05) is 13.0 Å². The van der Waals surface area contributed by atoms with Crippen molar-refractivity contribution in [3.05, 3.63) is 235 Å². The van der Waals surface area contributed by atoms with Crippen LogP contribution in [0, 0.1) is 75.8 Å². The van der Waals surface area contributed by atoms with Crippen molar-refractivity contribution in [1.29, 1.82) is 5.26 Å². The van der Waals surface area contributed by atoms with Crippen molar-refractivity contribution in [2.45, 2.75) is 40.0 Å². The number of rotatable bonds is 11. The van der Waals surface area contributed by atoms with E-state index in [2.05, 4.69) is 15.9 Å². The lowest BCUT2D eigenvalue weighted by Gasteiger charge is -2.13. The summed E-state index contributed by atoms with van der Waals surface area (Å²) in [5.74, 6) is 1.39. The second-order valence-corrected chi connectivity index (χ2v) is 19.2. The Balaban J connectivity index is 0.000000189. The lowest BCUT2D eigenvalue weighted by Crippen LogP contribution is -2.40. The monoisotopic (exact) mass is 1350 g/mol. The Kier molecular flexibility index (Phi) is 21.1. The molecule has 0 radical (unpaired) electrons. The molecule has 92 heavy (non-hydrogen) atoms. The summed E-state index contributed by atoms with van der Waals surface area (Å²) in [6.45, 7) is 7.55. The molecular weight excluding hydrogens is 1310 g/mol. The van der Waals surface area contributed by atoms with Gasteiger partial charge in [0.1, 0.15) is 69.2 Å². The molecule has 0 unspecified atom stereocenters. The first-order valence-corrected chi connectivity index (χ1v) is 26.3. The third-order valence-corrected chi connectivity index (χ3v) is 13.2. The number of nitro groups is 5. The standard InChI is InChI=1S/C15H10F3N3O5.C14H8F3N3O5.2C9H8N2O3.C8H8BrNO3/c1-7-13(9-4-3-8(21(24)25)5-10(9)26-7)20-12(22)6-11(15(16,17)18)19(2)14(20)23;1-18-11(14(15,16)17)5-12(21)19(13(18)22)9-6-25-10-4-7(20(23)24)2-3-8(9)10;1-5-9(10)7-3-2-6(11(12)13)4-8(7)14-5;1-2-14-9-5-8(11(12)13)4-3-7(9)6-10;1-2-13-8-5-6(10(11)12)3-4-7(8)9/h3-6H,1-2H3;2-6H,1H3;2-4H,10H2,1H3;3-5H,2H2,1H3;3-5H,2H2,1H3. The van der Waals surface area contributed by atoms with E-state index in [9.17, 15) is 96.1 Å². The van der Waals surface area contributed by atoms with Crippen LogP contribution in [0.2, 0.25) is 0 Å². The second-order valence-electron chi connectivity index (χ2n) is 18.4. The number of halogens is 7. The number of nitrogen functional groups attached to an aromatic ring is 1. The number of nitriles is 1. The molecule has 0 saturated carbocycles. The van der Waals surface area contributed by atoms with Gasteiger partial charge >= 0.3 is 23.7 Å². The molecule has 5 heterocycles. The van der Waals surface area contributed by atoms with Crippen molar-refractivity contribution in [3.63, 3.8) is 0 Å². The van der Waals surface area contributed by atoms with Crippen molar-refractivity contribution >= 4 is 83.0 Å². The summed E-state index contributed by atoms with van der Waals surface area (Å²) < 4.78 is 106. The quantitative estimate of drug-likeness (QED) is 0.0714. The molecular formula is C55H42BrF6N11O19. The van der Waals surface area contributed by atoms with Gasteiger partial charge in [0.2, 0.25) is 0 Å². The zero-order valence-corrected chi connectivity index (χ0v) is 49.3. The summed E-state index contributed by atoms with van der Waals surface area (Å²) in [6.07, 6.45) is -8.77. The fourth-order valence-electron chi connectivity index (χ4n) is 8.30. The van der Waals surface area contributed by atoms with E-state index in [-0.39, 0.29) is 73.3 Å². The summed E-state index contributed by atoms with van der Waals surface area (Å²) >= 11 is 3.23. The Hall–Kier alpha value is -12.0. The molecule has 2 N–H and O–H groups in total. The van der Waals surface area contributed by atoms with E-state index in [0.717, 1.165) is 49.1 Å². The van der Waals surface area contributed by atoms with Crippen LogP contribution in [0.1, 0.15) is 42.3 Å². The third kappa shape index (κ3) is 15.3. The second kappa shape index (κ2) is 28.0. The molecule has 37 heteroatoms. The normalized spacial score (nSPS) is 11.0. The lowest BCUT2D eigenvalue weighted by molar-refractivity contribution is -0.385. The highest BCUT2D eigenvalue weighted by Crippen LogP contribution is 2.35. The van der Waals surface area contributed by atoms with Crippen LogP contribution in [0.5, 0.6) is 11.5 Å². The Morgan fingerprint density at radius 1 is 0.554 bits per heavy atom. The number of furan rings is 3. The fourth-order valence-corrected chi connectivity index (χ4v) is 8.66. The van der Waals surface area contributed by atoms with Crippen molar-refractivity contribution in [2.24, 2.45) is 14.1 Å². The number of aromatic nitrogens is 4. The highest BCUT2D eigenvalue weighted by molar-refractivity contribution is 9.10. The maximum absolute atomic E-state index is 12.9. The van der Waals surface area contributed by atoms with Gasteiger partial charge in [-0.15, -0.1) is 0 Å². The molecule has 0 amide bonds. The molecule has 0 aliphatic carbocycles. The van der Waals surface area contributed by atoms with Gasteiger partial charge in [0.05, 0.1) is 89.6 Å². The zero-order chi connectivity index (χ0) is 68.6. The molecule has 5 aromatic carbocycles. The molecule has 0 aliphatic heterocycles. The molecule has 30 nitrogen and oxygen atoms in total. The number of alkyl halides is 6. The number of ether oxygens (including phenoxy) is 2. The minimum atomic E-state index is -4.87. The fraction of sp³-hybridized carbons (Fsp3) is 0.182. The first-order valence-electron chi connectivity index (χ1n) is 25.5. The van der Waals surface area contributed by atoms with E-state index in [1.165, 1.54) is 61.5 Å². The number of fused-ring (bicyclic) bond motifs is 3. The van der Waals surface area contributed by atoms with Gasteiger partial charge in [-0.3, -0.25) is 69.3 Å². The molecule has 0 bridgehead atoms. The molecule has 0 aliphatic rings. The van der Waals surface area contributed by atoms with Crippen LogP contribution in [0.3, 0.4) is 0 Å². The van der Waals surface area contributed by atoms with E-state index in [1.54, 1.807) is 26.0 Å². The van der Waals surface area contributed by atoms with Gasteiger partial charge < -0.3 is 28.5 Å². The largest absolute Gasteiger partial charge is 0.492 e. The van der Waals surface area contributed by atoms with Crippen molar-refractivity contribution in [1.82, 2.24) is 18.3 Å². The maximum Gasteiger partial charge on any atom is 0.431 e. The molecule has 0 spiro atoms. The number of anilines is 1. The van der Waals surface area contributed by atoms with Crippen molar-refractivity contribution < 1.29 is 73.7 Å². The third-order valence-electron chi connectivity index (χ3n) is 12.6. The Bertz CT molecular complexity index is 4870. The van der Waals surface area contributed by atoms with Crippen molar-refractivity contribution in [2.75, 3.05) is 18.9 Å². The Morgan fingerprint density at radius 3 is 1.42 bits per heavy atom. The SMILES string of the molecule is CCOc1cc([N+](=O)[O-])ccc1Br.CCOc1cc([N+](=O)[O-])ccc1C#N.Cc1oc2cc([N+](=O)[O-])ccc2c1-n1c(=O)cc(C(F)(F)F)n(C)c1=O.Cc1oc2cc([N+](=O)[O-])ccc2c1N.Cn1c(C(F)(F)F)cc(=O)n(-c2coc3cc([N+](=O)[O-])ccc23)c1=O. The Morgan fingerprint density at radius 2 is 0.946 bits per heavy atom. The predicted molar refractivity (Wildman–Crippen MR) is 315 cm³/mol. The number of nitrogens with two attached hydrogens (primary N) is 1. The number of benzene rings is 5. The van der Waals surface area contributed by atoms with Crippen molar-refractivity contribution in [3.8, 4) is 28.9 Å². The van der Waals surface area contributed by atoms with Gasteiger partial charge in [-0.25, -0.2) is 18.7 Å². The van der Waals surface area contributed by atoms with Gasteiger partial charge in [-0.05, 0) is 74.0 Å². The molecule has 0 atom stereocenters. The summed E-state index contributed by atoms with van der Waals surface area (Å²) in [5.41, 5.74) is -1.31. The number of hydrogen-bond acceptors (Lipinski definition) is 21. The first kappa shape index (κ1) is 69.1. The summed E-state index contributed by atoms with van der Waals surface area (Å²) in [5, 5.41) is 62.6. The van der Waals surface area contributed by atoms with E-state index >= 15 is 0 Å². The number of aryl methyl sites for hydroxylation is 2. The highest BCUT2D eigenvalue weighted by Gasteiger charge is 2.37. The number of nitro benzene ring substituents is 5. The molecule has 0 saturated heterocycles. The van der Waals surface area contributed by atoms with Gasteiger partial charge in [0.15, 0.2) is 0 Å². The van der Waals surface area contributed by atoms with Gasteiger partial charge in [0, 0.05) is 72.7 Å². The summed E-state index contributed by atoms with van der Waals surface area (Å²) in [6, 6.07) is 22.2. The van der Waals surface area contributed by atoms with Crippen LogP contribution >= 0.6 is 15.9 Å². The van der Waals surface area contributed by atoms with Crippen LogP contribution < -0.4 is 37.7 Å². The average molecular weight is 1350 g/mol. The van der Waals surface area contributed by atoms with E-state index in [4.69, 9.17) is 33.7 Å². The van der Waals surface area contributed by atoms with Crippen LogP contribution in [-0.4, -0.2) is 56.1 Å². The molecule has 0 fully saturated rings. The summed E-state index contributed by atoms with van der Waals surface area (Å²) in [7, 11) is 1.78. The first-order chi connectivity index (χ1) is 43.1. The highest BCUT2D eigenvalue weighted by atomic mass is 79.9. The smallest absolute Gasteiger partial charge is 0.431 e. The van der Waals surface area contributed by atoms with E-state index < -0.39 is 70.9 Å². The summed E-state index contributed by atoms with van der Waals surface area (Å²) in [4.78, 5) is 99.1. The predicted octanol–water partition coefficient (Wildman–Crippen LogP) is 11.6. The van der Waals surface area contributed by atoms with Gasteiger partial charge in [-0.2, -0.15) is 31.6 Å². The zero-order valence-electron chi connectivity index (χ0n) is 47.8. The number of nitrogens with zero attached hydrogens (tertiary/aromatic N) is 10. The van der Waals surface area contributed by atoms with E-state index in [0.29, 0.717) is 77.3 Å². The molecule has 10 rings (SSSR count). The average Bonchev–Trinajstić information content (AvgIpc) is 1.45. The topological polar surface area (TPSA) is 411 Å². The molecule has 480 valence electrons. The molecule has 5 aromatic heterocycles. The van der Waals surface area contributed by atoms with Gasteiger partial charge in [0.25, 0.3) is 39.6 Å². The number of non-ortho nitro benzene ring substituents is 5. The van der Waals surface area contributed by atoms with Crippen LogP contribution in [0.15, 0.2) is 146 Å².